The monoisotopic (exact) mass is 562 g/mol. The third kappa shape index (κ3) is 4.04. The highest BCUT2D eigenvalue weighted by atomic mass is 16.4. The lowest BCUT2D eigenvalue weighted by molar-refractivity contribution is 0.633. The van der Waals surface area contributed by atoms with Crippen LogP contribution in [0.3, 0.4) is 0 Å². The summed E-state index contributed by atoms with van der Waals surface area (Å²) in [4.78, 5) is 0. The van der Waals surface area contributed by atoms with Crippen molar-refractivity contribution in [3.8, 4) is 44.5 Å². The highest BCUT2D eigenvalue weighted by Gasteiger charge is 2.17. The first-order valence-electron chi connectivity index (χ1n) is 14.9. The molecule has 0 bridgehead atoms. The maximum absolute atomic E-state index is 6.47. The van der Waals surface area contributed by atoms with Crippen molar-refractivity contribution in [2.75, 3.05) is 0 Å². The number of furan rings is 2. The Kier molecular flexibility index (Phi) is 5.54. The topological polar surface area (TPSA) is 26.3 Å². The lowest BCUT2D eigenvalue weighted by atomic mass is 9.97. The van der Waals surface area contributed by atoms with Crippen molar-refractivity contribution in [2.45, 2.75) is 0 Å². The lowest BCUT2D eigenvalue weighted by Crippen LogP contribution is -1.81. The zero-order chi connectivity index (χ0) is 29.0. The highest BCUT2D eigenvalue weighted by Crippen LogP contribution is 2.41. The minimum Gasteiger partial charge on any atom is -0.452 e. The molecule has 0 fully saturated rings. The molecular weight excluding hydrogens is 536 g/mol. The Balaban J connectivity index is 1.14. The van der Waals surface area contributed by atoms with Crippen molar-refractivity contribution >= 4 is 43.9 Å². The van der Waals surface area contributed by atoms with Crippen molar-refractivity contribution in [1.82, 2.24) is 0 Å². The minimum atomic E-state index is 0.788. The van der Waals surface area contributed by atoms with E-state index in [2.05, 4.69) is 146 Å². The summed E-state index contributed by atoms with van der Waals surface area (Å²) in [5.41, 5.74) is 12.8. The summed E-state index contributed by atoms with van der Waals surface area (Å²) >= 11 is 0. The van der Waals surface area contributed by atoms with Gasteiger partial charge in [0.15, 0.2) is 11.2 Å². The molecule has 0 aliphatic rings. The molecule has 2 aromatic heterocycles. The smallest absolute Gasteiger partial charge is 0.178 e. The van der Waals surface area contributed by atoms with Crippen molar-refractivity contribution in [2.24, 2.45) is 0 Å². The van der Waals surface area contributed by atoms with E-state index < -0.39 is 0 Å². The first-order valence-corrected chi connectivity index (χ1v) is 14.9. The molecule has 0 unspecified atom stereocenters. The molecule has 7 aromatic carbocycles. The van der Waals surface area contributed by atoms with Gasteiger partial charge in [0.2, 0.25) is 0 Å². The van der Waals surface area contributed by atoms with Crippen LogP contribution in [0.5, 0.6) is 0 Å². The molecule has 2 heteroatoms. The van der Waals surface area contributed by atoms with Gasteiger partial charge in [0.1, 0.15) is 11.2 Å². The Morgan fingerprint density at radius 1 is 0.250 bits per heavy atom. The van der Waals surface area contributed by atoms with Gasteiger partial charge in [-0.15, -0.1) is 0 Å². The van der Waals surface area contributed by atoms with Gasteiger partial charge in [-0.25, -0.2) is 0 Å². The molecule has 0 radical (unpaired) electrons. The minimum absolute atomic E-state index is 0.788. The van der Waals surface area contributed by atoms with Gasteiger partial charge in [-0.1, -0.05) is 109 Å². The fourth-order valence-electron chi connectivity index (χ4n) is 6.45. The molecule has 44 heavy (non-hydrogen) atoms. The van der Waals surface area contributed by atoms with Crippen LogP contribution in [-0.2, 0) is 0 Å². The molecule has 0 amide bonds. The fourth-order valence-corrected chi connectivity index (χ4v) is 6.45. The first-order chi connectivity index (χ1) is 21.8. The Hall–Kier alpha value is -5.86. The number of hydrogen-bond acceptors (Lipinski definition) is 2. The predicted octanol–water partition coefficient (Wildman–Crippen LogP) is 12.2. The maximum atomic E-state index is 6.47. The van der Waals surface area contributed by atoms with Crippen LogP contribution in [0.25, 0.3) is 88.4 Å². The van der Waals surface area contributed by atoms with E-state index in [4.69, 9.17) is 8.83 Å². The molecule has 0 aliphatic carbocycles. The Labute approximate surface area is 254 Å². The van der Waals surface area contributed by atoms with Gasteiger partial charge in [0, 0.05) is 21.5 Å². The van der Waals surface area contributed by atoms with Crippen molar-refractivity contribution in [3.05, 3.63) is 158 Å². The van der Waals surface area contributed by atoms with Gasteiger partial charge in [0.05, 0.1) is 0 Å². The molecule has 0 N–H and O–H groups in total. The first kappa shape index (κ1) is 24.7. The summed E-state index contributed by atoms with van der Waals surface area (Å²) < 4.78 is 12.9. The predicted molar refractivity (Wildman–Crippen MR) is 183 cm³/mol. The highest BCUT2D eigenvalue weighted by molar-refractivity contribution is 6.19. The molecular formula is C42H26O2. The molecule has 2 heterocycles. The normalized spacial score (nSPS) is 11.6. The van der Waals surface area contributed by atoms with E-state index in [1.54, 1.807) is 0 Å². The van der Waals surface area contributed by atoms with Gasteiger partial charge >= 0.3 is 0 Å². The summed E-state index contributed by atoms with van der Waals surface area (Å²) in [6.07, 6.45) is 0. The van der Waals surface area contributed by atoms with Crippen molar-refractivity contribution in [3.63, 3.8) is 0 Å². The summed E-state index contributed by atoms with van der Waals surface area (Å²) in [6, 6.07) is 55.7. The van der Waals surface area contributed by atoms with Crippen LogP contribution in [0.15, 0.2) is 167 Å². The van der Waals surface area contributed by atoms with Crippen molar-refractivity contribution in [1.29, 1.82) is 0 Å². The molecule has 0 aliphatic heterocycles. The van der Waals surface area contributed by atoms with E-state index in [1.807, 2.05) is 12.1 Å². The molecule has 0 saturated heterocycles. The van der Waals surface area contributed by atoms with Crippen LogP contribution < -0.4 is 0 Å². The largest absolute Gasteiger partial charge is 0.452 e. The third-order valence-electron chi connectivity index (χ3n) is 8.68. The third-order valence-corrected chi connectivity index (χ3v) is 8.68. The number of rotatable bonds is 4. The Morgan fingerprint density at radius 3 is 1.05 bits per heavy atom. The molecule has 0 saturated carbocycles. The van der Waals surface area contributed by atoms with Crippen LogP contribution in [0.4, 0.5) is 0 Å². The van der Waals surface area contributed by atoms with Crippen LogP contribution in [0, 0.1) is 0 Å². The van der Waals surface area contributed by atoms with E-state index in [0.717, 1.165) is 55.0 Å². The summed E-state index contributed by atoms with van der Waals surface area (Å²) in [5.74, 6) is 0. The average molecular weight is 563 g/mol. The maximum Gasteiger partial charge on any atom is 0.178 e. The SMILES string of the molecule is c1ccc(-c2cccc(-c3ccc4oc5c(ccc6c7cc(-c8cccc(-c9ccccc9)c8)ccc7oc65)c4c3)c2)cc1. The molecule has 9 rings (SSSR count). The summed E-state index contributed by atoms with van der Waals surface area (Å²) in [5, 5.41) is 4.29. The zero-order valence-electron chi connectivity index (χ0n) is 23.8. The Bertz CT molecular complexity index is 2300. The van der Waals surface area contributed by atoms with Gasteiger partial charge in [-0.3, -0.25) is 0 Å². The fraction of sp³-hybridized carbons (Fsp3) is 0. The van der Waals surface area contributed by atoms with E-state index in [0.29, 0.717) is 0 Å². The average Bonchev–Trinajstić information content (AvgIpc) is 3.67. The Morgan fingerprint density at radius 2 is 0.614 bits per heavy atom. The second-order valence-corrected chi connectivity index (χ2v) is 11.3. The van der Waals surface area contributed by atoms with Crippen LogP contribution in [-0.4, -0.2) is 0 Å². The van der Waals surface area contributed by atoms with Gasteiger partial charge in [-0.05, 0) is 93.0 Å². The molecule has 0 atom stereocenters. The van der Waals surface area contributed by atoms with Crippen molar-refractivity contribution < 1.29 is 8.83 Å². The molecule has 0 spiro atoms. The number of benzene rings is 7. The van der Waals surface area contributed by atoms with E-state index >= 15 is 0 Å². The van der Waals surface area contributed by atoms with Gasteiger partial charge in [-0.2, -0.15) is 0 Å². The van der Waals surface area contributed by atoms with Crippen LogP contribution in [0.2, 0.25) is 0 Å². The molecule has 2 nitrogen and oxygen atoms in total. The molecule has 206 valence electrons. The number of fused-ring (bicyclic) bond motifs is 7. The summed E-state index contributed by atoms with van der Waals surface area (Å²) in [7, 11) is 0. The van der Waals surface area contributed by atoms with Gasteiger partial charge < -0.3 is 8.83 Å². The zero-order valence-corrected chi connectivity index (χ0v) is 23.8. The molecule has 9 aromatic rings. The van der Waals surface area contributed by atoms with E-state index in [-0.39, 0.29) is 0 Å². The quantitative estimate of drug-likeness (QED) is 0.213. The second-order valence-electron chi connectivity index (χ2n) is 11.3. The van der Waals surface area contributed by atoms with Gasteiger partial charge in [0.25, 0.3) is 0 Å². The van der Waals surface area contributed by atoms with E-state index in [1.165, 1.54) is 33.4 Å². The summed E-state index contributed by atoms with van der Waals surface area (Å²) in [6.45, 7) is 0. The van der Waals surface area contributed by atoms with Crippen LogP contribution >= 0.6 is 0 Å². The second kappa shape index (κ2) is 9.86. The number of hydrogen-bond donors (Lipinski definition) is 0. The lowest BCUT2D eigenvalue weighted by Gasteiger charge is -2.06. The van der Waals surface area contributed by atoms with Crippen LogP contribution in [0.1, 0.15) is 0 Å². The standard InChI is InChI=1S/C42H26O2/c1-3-9-27(10-4-1)29-13-7-15-31(23-29)33-17-21-39-37(25-33)35-19-20-36-38-26-34(18-22-40(38)44-42(36)41(35)43-39)32-16-8-14-30(24-32)28-11-5-2-6-12-28/h1-26H. The van der Waals surface area contributed by atoms with E-state index in [9.17, 15) is 0 Å².